The van der Waals surface area contributed by atoms with Crippen LogP contribution in [0.5, 0.6) is 17.2 Å². The largest absolute Gasteiger partial charge is 0.496 e. The number of hydrogen-bond donors (Lipinski definition) is 1. The van der Waals surface area contributed by atoms with E-state index in [1.54, 1.807) is 24.3 Å². The van der Waals surface area contributed by atoms with E-state index in [1.165, 1.54) is 7.11 Å². The number of nitrogens with one attached hydrogen (secondary N) is 1. The third-order valence-corrected chi connectivity index (χ3v) is 3.95. The van der Waals surface area contributed by atoms with Gasteiger partial charge in [-0.05, 0) is 29.8 Å². The number of rotatable bonds is 4. The van der Waals surface area contributed by atoms with Crippen molar-refractivity contribution in [3.05, 3.63) is 52.5 Å². The molecule has 126 valence electrons. The Morgan fingerprint density at radius 1 is 1.25 bits per heavy atom. The molecule has 0 saturated carbocycles. The van der Waals surface area contributed by atoms with E-state index in [0.29, 0.717) is 47.6 Å². The van der Waals surface area contributed by atoms with Gasteiger partial charge in [0.15, 0.2) is 11.5 Å². The summed E-state index contributed by atoms with van der Waals surface area (Å²) >= 11 is 6.26. The first-order chi connectivity index (χ1) is 11.7. The zero-order chi connectivity index (χ0) is 16.9. The molecule has 5 nitrogen and oxygen atoms in total. The van der Waals surface area contributed by atoms with Crippen LogP contribution in [0, 0.1) is 0 Å². The number of hydrogen-bond acceptors (Lipinski definition) is 4. The van der Waals surface area contributed by atoms with E-state index in [1.807, 2.05) is 12.1 Å². The Hall–Kier alpha value is -2.40. The zero-order valence-corrected chi connectivity index (χ0v) is 14.1. The minimum atomic E-state index is -0.212. The first kappa shape index (κ1) is 16.5. The lowest BCUT2D eigenvalue weighted by Gasteiger charge is -2.13. The van der Waals surface area contributed by atoms with E-state index in [9.17, 15) is 4.79 Å². The van der Waals surface area contributed by atoms with Crippen LogP contribution >= 0.6 is 11.6 Å². The minimum absolute atomic E-state index is 0.212. The fourth-order valence-electron chi connectivity index (χ4n) is 2.50. The van der Waals surface area contributed by atoms with Gasteiger partial charge in [-0.3, -0.25) is 4.79 Å². The third kappa shape index (κ3) is 3.57. The zero-order valence-electron chi connectivity index (χ0n) is 13.3. The van der Waals surface area contributed by atoms with E-state index in [4.69, 9.17) is 25.8 Å². The molecule has 0 bridgehead atoms. The highest BCUT2D eigenvalue weighted by atomic mass is 35.5. The number of benzene rings is 2. The SMILES string of the molecule is COc1ccccc1C(=O)NCc1cc(Cl)c2c(c1)OCCCO2. The van der Waals surface area contributed by atoms with Crippen LogP contribution in [0.1, 0.15) is 22.3 Å². The molecule has 0 aromatic heterocycles. The molecular formula is C18H18ClNO4. The highest BCUT2D eigenvalue weighted by Gasteiger charge is 2.16. The summed E-state index contributed by atoms with van der Waals surface area (Å²) in [6, 6.07) is 10.7. The van der Waals surface area contributed by atoms with E-state index < -0.39 is 0 Å². The Morgan fingerprint density at radius 2 is 2.04 bits per heavy atom. The number of para-hydroxylation sites is 1. The number of methoxy groups -OCH3 is 1. The van der Waals surface area contributed by atoms with Gasteiger partial charge >= 0.3 is 0 Å². The maximum atomic E-state index is 12.3. The van der Waals surface area contributed by atoms with Crippen molar-refractivity contribution < 1.29 is 19.0 Å². The average Bonchev–Trinajstić information content (AvgIpc) is 2.85. The second-order valence-electron chi connectivity index (χ2n) is 5.34. The molecule has 2 aromatic carbocycles. The molecule has 1 aliphatic rings. The van der Waals surface area contributed by atoms with E-state index in [-0.39, 0.29) is 5.91 Å². The van der Waals surface area contributed by atoms with Gasteiger partial charge in [0.05, 0.1) is 30.9 Å². The van der Waals surface area contributed by atoms with Crippen molar-refractivity contribution in [2.45, 2.75) is 13.0 Å². The van der Waals surface area contributed by atoms with Crippen LogP contribution < -0.4 is 19.5 Å². The number of halogens is 1. The molecule has 0 saturated heterocycles. The van der Waals surface area contributed by atoms with Crippen LogP contribution in [0.25, 0.3) is 0 Å². The predicted molar refractivity (Wildman–Crippen MR) is 91.2 cm³/mol. The molecule has 0 unspecified atom stereocenters. The van der Waals surface area contributed by atoms with Gasteiger partial charge in [-0.25, -0.2) is 0 Å². The molecule has 3 rings (SSSR count). The summed E-state index contributed by atoms with van der Waals surface area (Å²) in [5.74, 6) is 1.50. The molecule has 2 aromatic rings. The molecule has 1 N–H and O–H groups in total. The van der Waals surface area contributed by atoms with Crippen LogP contribution in [0.4, 0.5) is 0 Å². The molecule has 0 fully saturated rings. The lowest BCUT2D eigenvalue weighted by Crippen LogP contribution is -2.23. The Bertz CT molecular complexity index is 748. The molecule has 1 amide bonds. The second kappa shape index (κ2) is 7.45. The van der Waals surface area contributed by atoms with Gasteiger partial charge in [0, 0.05) is 13.0 Å². The standard InChI is InChI=1S/C18H18ClNO4/c1-22-15-6-3-2-5-13(15)18(21)20-11-12-9-14(19)17-16(10-12)23-7-4-8-24-17/h2-3,5-6,9-10H,4,7-8,11H2,1H3,(H,20,21). The topological polar surface area (TPSA) is 56.8 Å². The van der Waals surface area contributed by atoms with Gasteiger partial charge in [0.1, 0.15) is 5.75 Å². The second-order valence-corrected chi connectivity index (χ2v) is 5.75. The summed E-state index contributed by atoms with van der Waals surface area (Å²) in [4.78, 5) is 12.3. The monoisotopic (exact) mass is 347 g/mol. The fourth-order valence-corrected chi connectivity index (χ4v) is 2.78. The van der Waals surface area contributed by atoms with Crippen LogP contribution in [-0.2, 0) is 6.54 Å². The predicted octanol–water partition coefficient (Wildman–Crippen LogP) is 3.44. The summed E-state index contributed by atoms with van der Waals surface area (Å²) in [5, 5.41) is 3.35. The maximum Gasteiger partial charge on any atom is 0.255 e. The molecule has 1 aliphatic heterocycles. The summed E-state index contributed by atoms with van der Waals surface area (Å²) in [6.45, 7) is 1.49. The molecule has 6 heteroatoms. The molecule has 0 spiro atoms. The first-order valence-corrected chi connectivity index (χ1v) is 8.06. The van der Waals surface area contributed by atoms with Gasteiger partial charge in [-0.1, -0.05) is 23.7 Å². The fraction of sp³-hybridized carbons (Fsp3) is 0.278. The van der Waals surface area contributed by atoms with Crippen molar-refractivity contribution in [1.29, 1.82) is 0 Å². The Labute approximate surface area is 145 Å². The lowest BCUT2D eigenvalue weighted by molar-refractivity contribution is 0.0948. The van der Waals surface area contributed by atoms with Gasteiger partial charge < -0.3 is 19.5 Å². The summed E-state index contributed by atoms with van der Waals surface area (Å²) in [5.41, 5.74) is 1.33. The minimum Gasteiger partial charge on any atom is -0.496 e. The molecule has 0 atom stereocenters. The van der Waals surface area contributed by atoms with Gasteiger partial charge in [0.25, 0.3) is 5.91 Å². The summed E-state index contributed by atoms with van der Waals surface area (Å²) < 4.78 is 16.5. The van der Waals surface area contributed by atoms with Crippen molar-refractivity contribution in [2.24, 2.45) is 0 Å². The van der Waals surface area contributed by atoms with Crippen molar-refractivity contribution in [2.75, 3.05) is 20.3 Å². The van der Waals surface area contributed by atoms with Crippen LogP contribution in [0.15, 0.2) is 36.4 Å². The highest BCUT2D eigenvalue weighted by molar-refractivity contribution is 6.32. The van der Waals surface area contributed by atoms with E-state index >= 15 is 0 Å². The normalized spacial score (nSPS) is 13.1. The molecular weight excluding hydrogens is 330 g/mol. The van der Waals surface area contributed by atoms with Gasteiger partial charge in [0.2, 0.25) is 0 Å². The Morgan fingerprint density at radius 3 is 2.88 bits per heavy atom. The van der Waals surface area contributed by atoms with E-state index in [0.717, 1.165) is 12.0 Å². The molecule has 0 aliphatic carbocycles. The van der Waals surface area contributed by atoms with Crippen LogP contribution in [0.2, 0.25) is 5.02 Å². The number of carbonyl (C=O) groups excluding carboxylic acids is 1. The maximum absolute atomic E-state index is 12.3. The Kier molecular flexibility index (Phi) is 5.11. The van der Waals surface area contributed by atoms with Crippen molar-refractivity contribution in [1.82, 2.24) is 5.32 Å². The van der Waals surface area contributed by atoms with Crippen LogP contribution in [0.3, 0.4) is 0 Å². The number of fused-ring (bicyclic) bond motifs is 1. The quantitative estimate of drug-likeness (QED) is 0.920. The Balaban J connectivity index is 1.74. The van der Waals surface area contributed by atoms with Gasteiger partial charge in [-0.15, -0.1) is 0 Å². The molecule has 1 heterocycles. The molecule has 24 heavy (non-hydrogen) atoms. The summed E-state index contributed by atoms with van der Waals surface area (Å²) in [7, 11) is 1.54. The number of carbonyl (C=O) groups is 1. The molecule has 0 radical (unpaired) electrons. The number of ether oxygens (including phenoxy) is 3. The smallest absolute Gasteiger partial charge is 0.255 e. The summed E-state index contributed by atoms with van der Waals surface area (Å²) in [6.07, 6.45) is 0.810. The van der Waals surface area contributed by atoms with Crippen molar-refractivity contribution in [3.63, 3.8) is 0 Å². The first-order valence-electron chi connectivity index (χ1n) is 7.68. The highest BCUT2D eigenvalue weighted by Crippen LogP contribution is 2.38. The van der Waals surface area contributed by atoms with Crippen LogP contribution in [-0.4, -0.2) is 26.2 Å². The van der Waals surface area contributed by atoms with E-state index in [2.05, 4.69) is 5.32 Å². The van der Waals surface area contributed by atoms with Crippen molar-refractivity contribution in [3.8, 4) is 17.2 Å². The van der Waals surface area contributed by atoms with Gasteiger partial charge in [-0.2, -0.15) is 0 Å². The third-order valence-electron chi connectivity index (χ3n) is 3.67. The van der Waals surface area contributed by atoms with Crippen molar-refractivity contribution >= 4 is 17.5 Å². The lowest BCUT2D eigenvalue weighted by atomic mass is 10.1. The average molecular weight is 348 g/mol. The number of amides is 1.